The van der Waals surface area contributed by atoms with Crippen LogP contribution in [0.15, 0.2) is 42.5 Å². The molecule has 0 bridgehead atoms. The van der Waals surface area contributed by atoms with E-state index < -0.39 is 6.10 Å². The topological polar surface area (TPSA) is 98.3 Å². The summed E-state index contributed by atoms with van der Waals surface area (Å²) in [5.41, 5.74) is 0.928. The van der Waals surface area contributed by atoms with Gasteiger partial charge in [0.15, 0.2) is 23.0 Å². The zero-order chi connectivity index (χ0) is 26.7. The first-order valence-electron chi connectivity index (χ1n) is 13.3. The van der Waals surface area contributed by atoms with Gasteiger partial charge in [0.1, 0.15) is 19.3 Å². The van der Waals surface area contributed by atoms with E-state index in [0.717, 1.165) is 18.4 Å². The van der Waals surface area contributed by atoms with Gasteiger partial charge in [-0.3, -0.25) is 4.79 Å². The molecule has 0 heterocycles. The minimum atomic E-state index is -0.697. The van der Waals surface area contributed by atoms with E-state index in [1.54, 1.807) is 20.3 Å². The number of ether oxygens (including phenoxy) is 4. The van der Waals surface area contributed by atoms with Crippen LogP contribution in [-0.4, -0.2) is 57.6 Å². The Balaban J connectivity index is 1.64. The second-order valence-electron chi connectivity index (χ2n) is 8.95. The predicted molar refractivity (Wildman–Crippen MR) is 146 cm³/mol. The Hall–Kier alpha value is -2.97. The van der Waals surface area contributed by atoms with Crippen LogP contribution in [0.4, 0.5) is 0 Å². The minimum Gasteiger partial charge on any atom is -0.493 e. The summed E-state index contributed by atoms with van der Waals surface area (Å²) >= 11 is 0. The van der Waals surface area contributed by atoms with Crippen LogP contribution in [0.3, 0.4) is 0 Å². The van der Waals surface area contributed by atoms with E-state index in [0.29, 0.717) is 55.7 Å². The van der Waals surface area contributed by atoms with Gasteiger partial charge in [-0.2, -0.15) is 0 Å². The van der Waals surface area contributed by atoms with Crippen molar-refractivity contribution in [1.29, 1.82) is 0 Å². The molecule has 2 aromatic carbocycles. The van der Waals surface area contributed by atoms with Crippen LogP contribution in [0.1, 0.15) is 57.4 Å². The van der Waals surface area contributed by atoms with E-state index in [2.05, 4.69) is 17.6 Å². The lowest BCUT2D eigenvalue weighted by Crippen LogP contribution is -2.33. The Morgan fingerprint density at radius 1 is 0.892 bits per heavy atom. The number of amides is 1. The molecule has 0 aliphatic heterocycles. The fraction of sp³-hybridized carbons (Fsp3) is 0.552. The van der Waals surface area contributed by atoms with Gasteiger partial charge in [0.05, 0.1) is 14.2 Å². The van der Waals surface area contributed by atoms with Gasteiger partial charge < -0.3 is 34.7 Å². The highest BCUT2D eigenvalue weighted by molar-refractivity contribution is 5.75. The molecule has 0 aliphatic carbocycles. The smallest absolute Gasteiger partial charge is 0.220 e. The van der Waals surface area contributed by atoms with Crippen molar-refractivity contribution in [1.82, 2.24) is 10.6 Å². The van der Waals surface area contributed by atoms with Crippen LogP contribution < -0.4 is 29.6 Å². The normalized spacial score (nSPS) is 11.6. The van der Waals surface area contributed by atoms with E-state index in [1.807, 2.05) is 36.4 Å². The third-order valence-electron chi connectivity index (χ3n) is 5.89. The summed E-state index contributed by atoms with van der Waals surface area (Å²) in [7, 11) is 3.18. The number of hydrogen-bond acceptors (Lipinski definition) is 7. The standard InChI is InChI=1S/C29H44N2O6/c1-4-5-6-7-8-9-14-29(33)31-20-23-15-16-27(28(19-23)35-3)37-22-24(32)21-30-17-18-36-26-13-11-10-12-25(26)34-2/h10-13,15-16,19,24,30,32H,4-9,14,17-18,20-22H2,1-3H3,(H,31,33). The minimum absolute atomic E-state index is 0.0683. The number of hydrogen-bond donors (Lipinski definition) is 3. The lowest BCUT2D eigenvalue weighted by atomic mass is 10.1. The van der Waals surface area contributed by atoms with Gasteiger partial charge in [0, 0.05) is 26.1 Å². The van der Waals surface area contributed by atoms with Crippen LogP contribution in [0, 0.1) is 0 Å². The Bertz CT molecular complexity index is 908. The lowest BCUT2D eigenvalue weighted by Gasteiger charge is -2.16. The molecule has 1 atom stereocenters. The Kier molecular flexibility index (Phi) is 15.0. The number of carbonyl (C=O) groups excluding carboxylic acids is 1. The molecule has 1 amide bonds. The summed E-state index contributed by atoms with van der Waals surface area (Å²) in [4.78, 5) is 12.1. The number of rotatable bonds is 20. The molecule has 8 heteroatoms. The molecular weight excluding hydrogens is 472 g/mol. The van der Waals surface area contributed by atoms with Gasteiger partial charge in [0.2, 0.25) is 5.91 Å². The van der Waals surface area contributed by atoms with E-state index >= 15 is 0 Å². The number of carbonyl (C=O) groups is 1. The number of benzene rings is 2. The van der Waals surface area contributed by atoms with Crippen LogP contribution >= 0.6 is 0 Å². The second-order valence-corrected chi connectivity index (χ2v) is 8.95. The van der Waals surface area contributed by atoms with Crippen LogP contribution in [0.2, 0.25) is 0 Å². The van der Waals surface area contributed by atoms with Gasteiger partial charge >= 0.3 is 0 Å². The summed E-state index contributed by atoms with van der Waals surface area (Å²) in [6.07, 6.45) is 6.84. The van der Waals surface area contributed by atoms with Gasteiger partial charge in [-0.15, -0.1) is 0 Å². The van der Waals surface area contributed by atoms with E-state index in [9.17, 15) is 9.90 Å². The van der Waals surface area contributed by atoms with Crippen molar-refractivity contribution in [3.8, 4) is 23.0 Å². The fourth-order valence-corrected chi connectivity index (χ4v) is 3.78. The van der Waals surface area contributed by atoms with E-state index in [4.69, 9.17) is 18.9 Å². The average molecular weight is 517 g/mol. The number of nitrogens with one attached hydrogen (secondary N) is 2. The van der Waals surface area contributed by atoms with Crippen LogP contribution in [0.25, 0.3) is 0 Å². The van der Waals surface area contributed by atoms with Gasteiger partial charge in [-0.25, -0.2) is 0 Å². The maximum atomic E-state index is 12.1. The molecule has 0 aromatic heterocycles. The van der Waals surface area contributed by atoms with Crippen molar-refractivity contribution in [2.45, 2.75) is 64.5 Å². The van der Waals surface area contributed by atoms with Crippen molar-refractivity contribution in [2.75, 3.05) is 40.5 Å². The zero-order valence-electron chi connectivity index (χ0n) is 22.6. The summed E-state index contributed by atoms with van der Waals surface area (Å²) < 4.78 is 22.2. The molecule has 2 aromatic rings. The first-order chi connectivity index (χ1) is 18.1. The first kappa shape index (κ1) is 30.3. The van der Waals surface area contributed by atoms with Crippen molar-refractivity contribution in [3.05, 3.63) is 48.0 Å². The molecule has 2 rings (SSSR count). The highest BCUT2D eigenvalue weighted by atomic mass is 16.5. The average Bonchev–Trinajstić information content (AvgIpc) is 2.92. The SMILES string of the molecule is CCCCCCCCC(=O)NCc1ccc(OCC(O)CNCCOc2ccccc2OC)c(OC)c1. The Morgan fingerprint density at radius 3 is 2.35 bits per heavy atom. The predicted octanol–water partition coefficient (Wildman–Crippen LogP) is 4.48. The van der Waals surface area contributed by atoms with E-state index in [1.165, 1.54) is 25.7 Å². The lowest BCUT2D eigenvalue weighted by molar-refractivity contribution is -0.121. The molecular formula is C29H44N2O6. The maximum absolute atomic E-state index is 12.1. The monoisotopic (exact) mass is 516 g/mol. The highest BCUT2D eigenvalue weighted by Crippen LogP contribution is 2.28. The van der Waals surface area contributed by atoms with E-state index in [-0.39, 0.29) is 12.5 Å². The molecule has 0 radical (unpaired) electrons. The quantitative estimate of drug-likeness (QED) is 0.223. The van der Waals surface area contributed by atoms with Crippen molar-refractivity contribution < 1.29 is 28.8 Å². The molecule has 0 aliphatic rings. The summed E-state index contributed by atoms with van der Waals surface area (Å²) in [6.45, 7) is 4.13. The Labute approximate surface area is 221 Å². The van der Waals surface area contributed by atoms with Crippen molar-refractivity contribution in [2.24, 2.45) is 0 Å². The molecule has 8 nitrogen and oxygen atoms in total. The van der Waals surface area contributed by atoms with Crippen LogP contribution in [0.5, 0.6) is 23.0 Å². The first-order valence-corrected chi connectivity index (χ1v) is 13.3. The number of aliphatic hydroxyl groups excluding tert-OH is 1. The largest absolute Gasteiger partial charge is 0.493 e. The molecule has 0 saturated heterocycles. The molecule has 3 N–H and O–H groups in total. The molecule has 0 saturated carbocycles. The molecule has 37 heavy (non-hydrogen) atoms. The van der Waals surface area contributed by atoms with Gasteiger partial charge in [-0.1, -0.05) is 57.2 Å². The summed E-state index contributed by atoms with van der Waals surface area (Å²) in [6, 6.07) is 13.0. The molecule has 0 fully saturated rings. The van der Waals surface area contributed by atoms with Crippen molar-refractivity contribution >= 4 is 5.91 Å². The fourth-order valence-electron chi connectivity index (χ4n) is 3.78. The molecule has 206 valence electrons. The number of para-hydroxylation sites is 2. The second kappa shape index (κ2) is 18.3. The third kappa shape index (κ3) is 12.2. The molecule has 1 unspecified atom stereocenters. The number of unbranched alkanes of at least 4 members (excludes halogenated alkanes) is 5. The zero-order valence-corrected chi connectivity index (χ0v) is 22.6. The number of aliphatic hydroxyl groups is 1. The Morgan fingerprint density at radius 2 is 1.59 bits per heavy atom. The van der Waals surface area contributed by atoms with Crippen molar-refractivity contribution in [3.63, 3.8) is 0 Å². The number of methoxy groups -OCH3 is 2. The van der Waals surface area contributed by atoms with Gasteiger partial charge in [0.25, 0.3) is 0 Å². The third-order valence-corrected chi connectivity index (χ3v) is 5.89. The molecule has 0 spiro atoms. The van der Waals surface area contributed by atoms with Crippen LogP contribution in [-0.2, 0) is 11.3 Å². The van der Waals surface area contributed by atoms with Gasteiger partial charge in [-0.05, 0) is 36.2 Å². The highest BCUT2D eigenvalue weighted by Gasteiger charge is 2.11. The summed E-state index contributed by atoms with van der Waals surface area (Å²) in [5, 5.41) is 16.4. The maximum Gasteiger partial charge on any atom is 0.220 e. The summed E-state index contributed by atoms with van der Waals surface area (Å²) in [5.74, 6) is 2.55.